The van der Waals surface area contributed by atoms with E-state index < -0.39 is 175 Å². The molecule has 0 aliphatic carbocycles. The number of cyclic esters (lactones) is 1. The van der Waals surface area contributed by atoms with Crippen molar-refractivity contribution in [3.8, 4) is 91.2 Å². The molecule has 0 amide bonds. The second-order valence-electron chi connectivity index (χ2n) is 12.3. The van der Waals surface area contributed by atoms with E-state index in [4.69, 9.17) is 23.7 Å². The summed E-state index contributed by atoms with van der Waals surface area (Å²) in [5, 5.41) is 137. The number of aromatic hydroxyl groups is 12. The number of esters is 4. The Morgan fingerprint density at radius 1 is 0.411 bits per heavy atom. The Kier molecular flexibility index (Phi) is 8.31. The number of aliphatic hydroxyl groups excluding tert-OH is 1. The third-order valence-electron chi connectivity index (χ3n) is 9.11. The van der Waals surface area contributed by atoms with Crippen molar-refractivity contribution in [2.75, 3.05) is 6.61 Å². The molecule has 5 atom stereocenters. The average molecular weight is 785 g/mol. The molecule has 1 saturated heterocycles. The van der Waals surface area contributed by atoms with Crippen molar-refractivity contribution < 1.29 is 109 Å². The quantitative estimate of drug-likeness (QED) is 0.0661. The summed E-state index contributed by atoms with van der Waals surface area (Å²) in [4.78, 5) is 55.3. The highest BCUT2D eigenvalue weighted by Crippen LogP contribution is 2.55. The number of carbonyl (C=O) groups excluding carboxylic acids is 4. The molecular formula is C34H24O22. The highest BCUT2D eigenvalue weighted by atomic mass is 16.7. The number of rotatable bonds is 0. The van der Waals surface area contributed by atoms with Crippen LogP contribution in [0.25, 0.3) is 22.3 Å². The van der Waals surface area contributed by atoms with Crippen LogP contribution in [-0.2, 0) is 23.7 Å². The summed E-state index contributed by atoms with van der Waals surface area (Å²) in [6, 6.07) is 1.96. The maximum atomic E-state index is 14.1. The van der Waals surface area contributed by atoms with E-state index in [-0.39, 0.29) is 0 Å². The zero-order valence-electron chi connectivity index (χ0n) is 27.4. The van der Waals surface area contributed by atoms with Crippen molar-refractivity contribution in [3.05, 3.63) is 46.5 Å². The zero-order chi connectivity index (χ0) is 40.8. The number of phenolic OH excluding ortho intramolecular Hbond substituents is 12. The topological polar surface area (TPSA) is 377 Å². The van der Waals surface area contributed by atoms with E-state index in [0.29, 0.717) is 24.3 Å². The minimum Gasteiger partial charge on any atom is -0.504 e. The maximum Gasteiger partial charge on any atom is 0.339 e. The predicted molar refractivity (Wildman–Crippen MR) is 173 cm³/mol. The van der Waals surface area contributed by atoms with Gasteiger partial charge in [-0.25, -0.2) is 19.2 Å². The maximum absolute atomic E-state index is 14.1. The highest BCUT2D eigenvalue weighted by Gasteiger charge is 2.54. The van der Waals surface area contributed by atoms with E-state index >= 15 is 0 Å². The molecule has 3 aliphatic rings. The first-order valence-electron chi connectivity index (χ1n) is 15.6. The van der Waals surface area contributed by atoms with Crippen LogP contribution in [0.1, 0.15) is 41.4 Å². The molecule has 292 valence electrons. The Labute approximate surface area is 308 Å². The molecule has 4 aromatic carbocycles. The van der Waals surface area contributed by atoms with Gasteiger partial charge in [-0.15, -0.1) is 0 Å². The number of aliphatic hydroxyl groups is 1. The fourth-order valence-electron chi connectivity index (χ4n) is 6.46. The van der Waals surface area contributed by atoms with Crippen LogP contribution < -0.4 is 0 Å². The van der Waals surface area contributed by atoms with Crippen molar-refractivity contribution in [2.45, 2.75) is 30.7 Å². The Morgan fingerprint density at radius 2 is 0.714 bits per heavy atom. The molecule has 3 aliphatic heterocycles. The van der Waals surface area contributed by atoms with Gasteiger partial charge >= 0.3 is 23.9 Å². The molecule has 0 unspecified atom stereocenters. The lowest BCUT2D eigenvalue weighted by molar-refractivity contribution is -0.284. The largest absolute Gasteiger partial charge is 0.504 e. The molecular weight excluding hydrogens is 760 g/mol. The lowest BCUT2D eigenvalue weighted by Crippen LogP contribution is -2.62. The van der Waals surface area contributed by atoms with Crippen LogP contribution in [-0.4, -0.2) is 128 Å². The average Bonchev–Trinajstić information content (AvgIpc) is 3.16. The molecule has 13 N–H and O–H groups in total. The fourth-order valence-corrected chi connectivity index (χ4v) is 6.46. The van der Waals surface area contributed by atoms with Gasteiger partial charge in [0.15, 0.2) is 70.6 Å². The van der Waals surface area contributed by atoms with Crippen LogP contribution in [0.5, 0.6) is 69.0 Å². The zero-order valence-corrected chi connectivity index (χ0v) is 27.4. The van der Waals surface area contributed by atoms with Crippen molar-refractivity contribution in [1.82, 2.24) is 0 Å². The highest BCUT2D eigenvalue weighted by molar-refractivity contribution is 6.10. The van der Waals surface area contributed by atoms with E-state index in [1.807, 2.05) is 0 Å². The summed E-state index contributed by atoms with van der Waals surface area (Å²) >= 11 is 0. The number of phenols is 12. The van der Waals surface area contributed by atoms with Gasteiger partial charge in [-0.05, 0) is 24.3 Å². The monoisotopic (exact) mass is 784 g/mol. The predicted octanol–water partition coefficient (Wildman–Crippen LogP) is 0.665. The standard InChI is InChI=1S/C34H24O22/c35-10-1-6-15(23(43)19(10)39)16-7(2-11(36)20(40)24(16)44)31(48)54-27-14(5-52-30(6)47)53-34(51)29-28(27)55-32(49)8-3-12(37)21(41)25(45)17(8)18-9(33(50)56-29)4-13(38)22(42)26(18)46/h1-4,14,27-29,34-46,51H,5H2/t14-,27+,28+,29-,34+/m1/s1. The molecule has 0 radical (unpaired) electrons. The molecule has 4 aromatic rings. The van der Waals surface area contributed by atoms with Crippen molar-refractivity contribution in [2.24, 2.45) is 0 Å². The van der Waals surface area contributed by atoms with Gasteiger partial charge in [-0.1, -0.05) is 0 Å². The Morgan fingerprint density at radius 3 is 1.07 bits per heavy atom. The molecule has 0 spiro atoms. The van der Waals surface area contributed by atoms with Gasteiger partial charge in [-0.3, -0.25) is 0 Å². The second kappa shape index (κ2) is 12.7. The number of ether oxygens (including phenoxy) is 5. The Hall–Kier alpha value is -7.72. The van der Waals surface area contributed by atoms with Gasteiger partial charge in [0.25, 0.3) is 0 Å². The van der Waals surface area contributed by atoms with Gasteiger partial charge in [0, 0.05) is 22.3 Å². The van der Waals surface area contributed by atoms with E-state index in [0.717, 1.165) is 0 Å². The lowest BCUT2D eigenvalue weighted by Gasteiger charge is -2.43. The first kappa shape index (κ1) is 36.6. The summed E-state index contributed by atoms with van der Waals surface area (Å²) in [5.41, 5.74) is -7.76. The van der Waals surface area contributed by atoms with Crippen molar-refractivity contribution in [1.29, 1.82) is 0 Å². The van der Waals surface area contributed by atoms with E-state index in [1.165, 1.54) is 0 Å². The third-order valence-corrected chi connectivity index (χ3v) is 9.11. The van der Waals surface area contributed by atoms with Crippen molar-refractivity contribution >= 4 is 23.9 Å². The molecule has 22 nitrogen and oxygen atoms in total. The van der Waals surface area contributed by atoms with E-state index in [2.05, 4.69) is 0 Å². The summed E-state index contributed by atoms with van der Waals surface area (Å²) in [5.74, 6) is -21.9. The molecule has 3 heterocycles. The first-order chi connectivity index (χ1) is 26.3. The molecule has 22 heteroatoms. The second-order valence-corrected chi connectivity index (χ2v) is 12.3. The number of hydrogen-bond donors (Lipinski definition) is 13. The van der Waals surface area contributed by atoms with E-state index in [1.54, 1.807) is 0 Å². The first-order valence-corrected chi connectivity index (χ1v) is 15.6. The molecule has 0 bridgehead atoms. The molecule has 0 aromatic heterocycles. The number of fused-ring (bicyclic) bond motifs is 9. The number of benzene rings is 4. The molecule has 56 heavy (non-hydrogen) atoms. The SMILES string of the molecule is O=C1OC[C@H]2O[C@H](O)[C@@H]3OC(=O)c4cc(O)c(O)c(O)c4-c4c(cc(O)c(O)c4O)C(=O)O[C@H]3[C@H]2OC(=O)c2cc(O)c(O)c(O)c2-c2c1cc(O)c(O)c2O. The summed E-state index contributed by atoms with van der Waals surface area (Å²) in [6.45, 7) is -1.08. The lowest BCUT2D eigenvalue weighted by atomic mass is 9.91. The Balaban J connectivity index is 1.44. The molecule has 0 saturated carbocycles. The van der Waals surface area contributed by atoms with Gasteiger partial charge in [-0.2, -0.15) is 0 Å². The minimum absolute atomic E-state index is 0.465. The Bertz CT molecular complexity index is 2440. The van der Waals surface area contributed by atoms with Gasteiger partial charge in [0.1, 0.15) is 12.7 Å². The normalized spacial score (nSPS) is 21.8. The fraction of sp³-hybridized carbons (Fsp3) is 0.176. The van der Waals surface area contributed by atoms with Gasteiger partial charge in [0.2, 0.25) is 23.0 Å². The summed E-state index contributed by atoms with van der Waals surface area (Å²) in [6.07, 6.45) is -11.1. The van der Waals surface area contributed by atoms with Gasteiger partial charge in [0.05, 0.1) is 22.3 Å². The van der Waals surface area contributed by atoms with Crippen LogP contribution in [0.2, 0.25) is 0 Å². The van der Waals surface area contributed by atoms with Crippen molar-refractivity contribution in [3.63, 3.8) is 0 Å². The van der Waals surface area contributed by atoms with E-state index in [9.17, 15) is 85.6 Å². The molecule has 1 fully saturated rings. The third kappa shape index (κ3) is 5.34. The summed E-state index contributed by atoms with van der Waals surface area (Å²) in [7, 11) is 0. The summed E-state index contributed by atoms with van der Waals surface area (Å²) < 4.78 is 27.2. The van der Waals surface area contributed by atoms with Gasteiger partial charge < -0.3 is 90.1 Å². The smallest absolute Gasteiger partial charge is 0.339 e. The molecule has 7 rings (SSSR count). The number of carbonyl (C=O) groups is 4. The van der Waals surface area contributed by atoms with Crippen LogP contribution in [0.15, 0.2) is 24.3 Å². The van der Waals surface area contributed by atoms with Crippen LogP contribution in [0, 0.1) is 0 Å². The van der Waals surface area contributed by atoms with Crippen LogP contribution in [0.3, 0.4) is 0 Å². The van der Waals surface area contributed by atoms with Crippen LogP contribution >= 0.6 is 0 Å². The number of hydrogen-bond acceptors (Lipinski definition) is 22. The van der Waals surface area contributed by atoms with Crippen LogP contribution in [0.4, 0.5) is 0 Å². The minimum atomic E-state index is -2.40.